The molecule has 0 fully saturated rings. The minimum absolute atomic E-state index is 0.293. The Morgan fingerprint density at radius 1 is 1.41 bits per heavy atom. The fraction of sp³-hybridized carbons (Fsp3) is 0.636. The maximum absolute atomic E-state index is 9.67. The molecule has 0 bridgehead atoms. The lowest BCUT2D eigenvalue weighted by Gasteiger charge is -2.23. The van der Waals surface area contributed by atoms with Crippen molar-refractivity contribution in [3.8, 4) is 0 Å². The second kappa shape index (κ2) is 6.14. The highest BCUT2D eigenvalue weighted by molar-refractivity contribution is 6.30. The number of likely N-dealkylation sites (N-methyl/N-ethyl adjacent to an activating group) is 1. The minimum atomic E-state index is -0.557. The average molecular weight is 260 g/mol. The van der Waals surface area contributed by atoms with Gasteiger partial charge < -0.3 is 14.7 Å². The molecule has 0 radical (unpaired) electrons. The Morgan fingerprint density at radius 2 is 2.06 bits per heavy atom. The van der Waals surface area contributed by atoms with Gasteiger partial charge in [-0.3, -0.25) is 0 Å². The van der Waals surface area contributed by atoms with Crippen molar-refractivity contribution in [3.63, 3.8) is 0 Å². The summed E-state index contributed by atoms with van der Waals surface area (Å²) in [5.41, 5.74) is 0.810. The maximum Gasteiger partial charge on any atom is 0.137 e. The summed E-state index contributed by atoms with van der Waals surface area (Å²) in [7, 11) is 3.41. The third-order valence-corrected chi connectivity index (χ3v) is 2.75. The molecule has 0 aliphatic heterocycles. The summed E-state index contributed by atoms with van der Waals surface area (Å²) in [6, 6.07) is 0. The van der Waals surface area contributed by atoms with Crippen molar-refractivity contribution in [1.29, 1.82) is 0 Å². The van der Waals surface area contributed by atoms with Crippen molar-refractivity contribution in [1.82, 2.24) is 9.97 Å². The van der Waals surface area contributed by atoms with Gasteiger partial charge in [0.2, 0.25) is 0 Å². The van der Waals surface area contributed by atoms with E-state index in [-0.39, 0.29) is 0 Å². The van der Waals surface area contributed by atoms with E-state index in [1.807, 2.05) is 18.9 Å². The molecule has 1 aromatic heterocycles. The molecule has 6 heteroatoms. The zero-order chi connectivity index (χ0) is 13.0. The Balaban J connectivity index is 2.85. The lowest BCUT2D eigenvalue weighted by atomic mass is 10.3. The molecule has 1 rings (SSSR count). The Labute approximate surface area is 106 Å². The number of aryl methyl sites for hydroxylation is 1. The third-order valence-electron chi connectivity index (χ3n) is 2.38. The van der Waals surface area contributed by atoms with E-state index in [9.17, 15) is 5.11 Å². The van der Waals surface area contributed by atoms with Crippen LogP contribution in [0.4, 0.5) is 5.82 Å². The molecular weight excluding hydrogens is 242 g/mol. The van der Waals surface area contributed by atoms with Gasteiger partial charge in [0.05, 0.1) is 12.7 Å². The SMILES string of the molecule is COCC(O)CN(C)c1nc(C)nc(Cl)c1C. The maximum atomic E-state index is 9.67. The summed E-state index contributed by atoms with van der Waals surface area (Å²) >= 11 is 6.00. The largest absolute Gasteiger partial charge is 0.389 e. The summed E-state index contributed by atoms with van der Waals surface area (Å²) in [5, 5.41) is 10.1. The van der Waals surface area contributed by atoms with Crippen LogP contribution in [0, 0.1) is 13.8 Å². The van der Waals surface area contributed by atoms with Crippen LogP contribution in [0.5, 0.6) is 0 Å². The van der Waals surface area contributed by atoms with Crippen LogP contribution < -0.4 is 4.90 Å². The summed E-state index contributed by atoms with van der Waals surface area (Å²) in [6.07, 6.45) is -0.557. The fourth-order valence-electron chi connectivity index (χ4n) is 1.60. The number of aliphatic hydroxyl groups is 1. The molecule has 0 saturated heterocycles. The molecule has 1 aromatic rings. The Morgan fingerprint density at radius 3 is 2.65 bits per heavy atom. The number of hydrogen-bond acceptors (Lipinski definition) is 5. The zero-order valence-electron chi connectivity index (χ0n) is 10.6. The molecular formula is C11H18ClN3O2. The summed E-state index contributed by atoms with van der Waals surface area (Å²) in [4.78, 5) is 10.2. The second-order valence-electron chi connectivity index (χ2n) is 4.00. The molecule has 0 amide bonds. The van der Waals surface area contributed by atoms with Gasteiger partial charge in [0.25, 0.3) is 0 Å². The van der Waals surface area contributed by atoms with Gasteiger partial charge in [-0.15, -0.1) is 0 Å². The molecule has 0 aliphatic carbocycles. The number of anilines is 1. The quantitative estimate of drug-likeness (QED) is 0.805. The van der Waals surface area contributed by atoms with Crippen LogP contribution >= 0.6 is 11.6 Å². The number of aliphatic hydroxyl groups excluding tert-OH is 1. The second-order valence-corrected chi connectivity index (χ2v) is 4.36. The van der Waals surface area contributed by atoms with Gasteiger partial charge in [-0.25, -0.2) is 9.97 Å². The molecule has 96 valence electrons. The summed E-state index contributed by atoms with van der Waals surface area (Å²) in [5.74, 6) is 1.35. The van der Waals surface area contributed by atoms with Crippen LogP contribution in [0.2, 0.25) is 5.15 Å². The number of ether oxygens (including phenoxy) is 1. The predicted octanol–water partition coefficient (Wildman–Crippen LogP) is 1.19. The minimum Gasteiger partial charge on any atom is -0.389 e. The standard InChI is InChI=1S/C11H18ClN3O2/c1-7-10(12)13-8(2)14-11(7)15(3)5-9(16)6-17-4/h9,16H,5-6H2,1-4H3. The van der Waals surface area contributed by atoms with Gasteiger partial charge in [-0.05, 0) is 13.8 Å². The first kappa shape index (κ1) is 14.2. The van der Waals surface area contributed by atoms with Crippen molar-refractivity contribution in [2.24, 2.45) is 0 Å². The predicted molar refractivity (Wildman–Crippen MR) is 67.7 cm³/mol. The van der Waals surface area contributed by atoms with Crippen LogP contribution in [-0.4, -0.2) is 48.5 Å². The number of aromatic nitrogens is 2. The van der Waals surface area contributed by atoms with Crippen LogP contribution in [0.1, 0.15) is 11.4 Å². The molecule has 1 heterocycles. The molecule has 0 saturated carbocycles. The van der Waals surface area contributed by atoms with Gasteiger partial charge in [0.15, 0.2) is 0 Å². The van der Waals surface area contributed by atoms with Gasteiger partial charge in [0, 0.05) is 26.3 Å². The average Bonchev–Trinajstić information content (AvgIpc) is 2.23. The molecule has 5 nitrogen and oxygen atoms in total. The van der Waals surface area contributed by atoms with Crippen molar-refractivity contribution >= 4 is 17.4 Å². The van der Waals surface area contributed by atoms with Crippen molar-refractivity contribution in [2.75, 3.05) is 32.2 Å². The molecule has 0 aromatic carbocycles. The van der Waals surface area contributed by atoms with Crippen LogP contribution in [0.3, 0.4) is 0 Å². The van der Waals surface area contributed by atoms with Gasteiger partial charge in [-0.2, -0.15) is 0 Å². The first-order valence-corrected chi connectivity index (χ1v) is 5.72. The summed E-state index contributed by atoms with van der Waals surface area (Å²) < 4.78 is 4.88. The van der Waals surface area contributed by atoms with E-state index in [2.05, 4.69) is 9.97 Å². The lowest BCUT2D eigenvalue weighted by molar-refractivity contribution is 0.0694. The van der Waals surface area contributed by atoms with E-state index < -0.39 is 6.10 Å². The Bertz CT molecular complexity index is 387. The molecule has 1 unspecified atom stereocenters. The number of nitrogens with zero attached hydrogens (tertiary/aromatic N) is 3. The molecule has 0 spiro atoms. The third kappa shape index (κ3) is 3.80. The van der Waals surface area contributed by atoms with Crippen molar-refractivity contribution in [3.05, 3.63) is 16.5 Å². The molecule has 1 atom stereocenters. The number of rotatable bonds is 5. The highest BCUT2D eigenvalue weighted by Crippen LogP contribution is 2.22. The highest BCUT2D eigenvalue weighted by Gasteiger charge is 2.14. The first-order chi connectivity index (χ1) is 7.95. The van der Waals surface area contributed by atoms with E-state index in [1.165, 1.54) is 0 Å². The number of methoxy groups -OCH3 is 1. The van der Waals surface area contributed by atoms with E-state index in [0.29, 0.717) is 24.1 Å². The van der Waals surface area contributed by atoms with E-state index >= 15 is 0 Å². The van der Waals surface area contributed by atoms with Gasteiger partial charge in [-0.1, -0.05) is 11.6 Å². The smallest absolute Gasteiger partial charge is 0.137 e. The summed E-state index contributed by atoms with van der Waals surface area (Å²) in [6.45, 7) is 4.37. The van der Waals surface area contributed by atoms with E-state index in [0.717, 1.165) is 11.4 Å². The van der Waals surface area contributed by atoms with Crippen LogP contribution in [0.25, 0.3) is 0 Å². The van der Waals surface area contributed by atoms with Crippen LogP contribution in [-0.2, 0) is 4.74 Å². The molecule has 1 N–H and O–H groups in total. The number of hydrogen-bond donors (Lipinski definition) is 1. The highest BCUT2D eigenvalue weighted by atomic mass is 35.5. The monoisotopic (exact) mass is 259 g/mol. The van der Waals surface area contributed by atoms with Crippen molar-refractivity contribution < 1.29 is 9.84 Å². The van der Waals surface area contributed by atoms with E-state index in [1.54, 1.807) is 14.0 Å². The molecule has 0 aliphatic rings. The van der Waals surface area contributed by atoms with Crippen LogP contribution in [0.15, 0.2) is 0 Å². The van der Waals surface area contributed by atoms with Gasteiger partial charge in [0.1, 0.15) is 16.8 Å². The molecule has 17 heavy (non-hydrogen) atoms. The fourth-order valence-corrected chi connectivity index (χ4v) is 1.81. The topological polar surface area (TPSA) is 58.5 Å². The van der Waals surface area contributed by atoms with E-state index in [4.69, 9.17) is 16.3 Å². The lowest BCUT2D eigenvalue weighted by Crippen LogP contribution is -2.33. The number of halogens is 1. The Hall–Kier alpha value is -0.910. The zero-order valence-corrected chi connectivity index (χ0v) is 11.3. The first-order valence-electron chi connectivity index (χ1n) is 5.34. The normalized spacial score (nSPS) is 12.6. The van der Waals surface area contributed by atoms with Gasteiger partial charge >= 0.3 is 0 Å². The van der Waals surface area contributed by atoms with Crippen molar-refractivity contribution in [2.45, 2.75) is 20.0 Å². The Kier molecular flexibility index (Phi) is 5.11.